The van der Waals surface area contributed by atoms with Gasteiger partial charge in [0.05, 0.1) is 25.5 Å². The monoisotopic (exact) mass is 296 g/mol. The molecule has 114 valence electrons. The molecule has 1 heterocycles. The highest BCUT2D eigenvalue weighted by Gasteiger charge is 2.27. The molecular formula is C18H22N3O+. The molecule has 22 heavy (non-hydrogen) atoms. The quantitative estimate of drug-likeness (QED) is 0.818. The van der Waals surface area contributed by atoms with Gasteiger partial charge >= 0.3 is 0 Å². The largest absolute Gasteiger partial charge is 0.399 e. The number of nitrogen functional groups attached to an aromatic ring is 1. The van der Waals surface area contributed by atoms with Gasteiger partial charge in [0.1, 0.15) is 0 Å². The molecule has 0 unspecified atom stereocenters. The second-order valence-corrected chi connectivity index (χ2v) is 6.13. The van der Waals surface area contributed by atoms with Gasteiger partial charge in [0.2, 0.25) is 0 Å². The molecule has 0 saturated carbocycles. The molecular weight excluding hydrogens is 274 g/mol. The summed E-state index contributed by atoms with van der Waals surface area (Å²) in [5.41, 5.74) is 11.0. The second-order valence-electron chi connectivity index (χ2n) is 6.13. The van der Waals surface area contributed by atoms with Crippen molar-refractivity contribution in [3.8, 4) is 0 Å². The average molecular weight is 296 g/mol. The summed E-state index contributed by atoms with van der Waals surface area (Å²) < 4.78 is 0. The molecule has 2 aromatic carbocycles. The number of likely N-dealkylation sites (N-methyl/N-ethyl adjacent to an activating group) is 1. The lowest BCUT2D eigenvalue weighted by atomic mass is 10.0. The van der Waals surface area contributed by atoms with E-state index in [0.717, 1.165) is 29.1 Å². The first-order chi connectivity index (χ1) is 10.6. The van der Waals surface area contributed by atoms with Gasteiger partial charge in [-0.25, -0.2) is 0 Å². The van der Waals surface area contributed by atoms with E-state index in [1.165, 1.54) is 11.1 Å². The molecule has 1 aliphatic heterocycles. The molecule has 3 N–H and O–H groups in total. The van der Waals surface area contributed by atoms with Crippen molar-refractivity contribution in [1.82, 2.24) is 0 Å². The summed E-state index contributed by atoms with van der Waals surface area (Å²) in [6, 6.07) is 14.0. The number of quaternary nitrogens is 1. The predicted molar refractivity (Wildman–Crippen MR) is 89.5 cm³/mol. The number of nitrogens with two attached hydrogens (primary N) is 1. The van der Waals surface area contributed by atoms with Crippen LogP contribution in [0, 0.1) is 0 Å². The Balaban J connectivity index is 2.16. The first kappa shape index (κ1) is 14.6. The summed E-state index contributed by atoms with van der Waals surface area (Å²) in [4.78, 5) is 15.8. The van der Waals surface area contributed by atoms with Gasteiger partial charge in [0, 0.05) is 5.69 Å². The first-order valence-corrected chi connectivity index (χ1v) is 7.64. The maximum Gasteiger partial charge on any atom is 0.286 e. The number of nitrogens with zero attached hydrogens (tertiary/aromatic N) is 1. The van der Waals surface area contributed by atoms with E-state index in [1.54, 1.807) is 0 Å². The predicted octanol–water partition coefficient (Wildman–Crippen LogP) is 1.18. The maximum atomic E-state index is 12.9. The zero-order valence-corrected chi connectivity index (χ0v) is 13.1. The summed E-state index contributed by atoms with van der Waals surface area (Å²) in [5, 5.41) is 0. The molecule has 0 radical (unpaired) electrons. The van der Waals surface area contributed by atoms with Gasteiger partial charge in [-0.05, 0) is 42.2 Å². The molecule has 0 fully saturated rings. The van der Waals surface area contributed by atoms with Crippen molar-refractivity contribution < 1.29 is 9.69 Å². The van der Waals surface area contributed by atoms with Crippen LogP contribution < -0.4 is 15.5 Å². The SMILES string of the molecule is C[NH+](C)CC(=O)N1c2ccccc2CCc2ccc(N)cc21. The molecule has 4 heteroatoms. The Bertz CT molecular complexity index is 709. The highest BCUT2D eigenvalue weighted by molar-refractivity contribution is 6.03. The fraction of sp³-hybridized carbons (Fsp3) is 0.278. The average Bonchev–Trinajstić information content (AvgIpc) is 2.62. The van der Waals surface area contributed by atoms with Crippen molar-refractivity contribution >= 4 is 23.0 Å². The zero-order valence-electron chi connectivity index (χ0n) is 13.1. The van der Waals surface area contributed by atoms with Crippen molar-refractivity contribution in [3.05, 3.63) is 53.6 Å². The van der Waals surface area contributed by atoms with Gasteiger partial charge in [0.15, 0.2) is 6.54 Å². The van der Waals surface area contributed by atoms with Crippen LogP contribution in [0.1, 0.15) is 11.1 Å². The third-order valence-electron chi connectivity index (χ3n) is 4.00. The number of nitrogens with one attached hydrogen (secondary N) is 1. The minimum absolute atomic E-state index is 0.0983. The van der Waals surface area contributed by atoms with Crippen LogP contribution in [-0.2, 0) is 17.6 Å². The van der Waals surface area contributed by atoms with Gasteiger partial charge in [-0.2, -0.15) is 0 Å². The summed E-state index contributed by atoms with van der Waals surface area (Å²) in [6.07, 6.45) is 1.86. The topological polar surface area (TPSA) is 50.8 Å². The fourth-order valence-corrected chi connectivity index (χ4v) is 2.99. The second kappa shape index (κ2) is 5.81. The van der Waals surface area contributed by atoms with E-state index < -0.39 is 0 Å². The lowest BCUT2D eigenvalue weighted by Crippen LogP contribution is -3.07. The third-order valence-corrected chi connectivity index (χ3v) is 4.00. The van der Waals surface area contributed by atoms with Crippen molar-refractivity contribution in [3.63, 3.8) is 0 Å². The molecule has 1 amide bonds. The molecule has 1 aliphatic rings. The number of rotatable bonds is 2. The van der Waals surface area contributed by atoms with Gasteiger partial charge in [0.25, 0.3) is 5.91 Å². The number of amides is 1. The first-order valence-electron chi connectivity index (χ1n) is 7.64. The number of anilines is 3. The Morgan fingerprint density at radius 2 is 1.77 bits per heavy atom. The van der Waals surface area contributed by atoms with E-state index in [0.29, 0.717) is 12.2 Å². The molecule has 0 aliphatic carbocycles. The molecule has 0 saturated heterocycles. The Labute approximate surface area is 131 Å². The molecule has 0 spiro atoms. The van der Waals surface area contributed by atoms with E-state index in [1.807, 2.05) is 55.4 Å². The number of para-hydroxylation sites is 1. The van der Waals surface area contributed by atoms with Crippen molar-refractivity contribution in [2.45, 2.75) is 12.8 Å². The third kappa shape index (κ3) is 2.70. The highest BCUT2D eigenvalue weighted by atomic mass is 16.2. The molecule has 3 rings (SSSR count). The van der Waals surface area contributed by atoms with Crippen molar-refractivity contribution in [1.29, 1.82) is 0 Å². The van der Waals surface area contributed by atoms with Crippen molar-refractivity contribution in [2.24, 2.45) is 0 Å². The van der Waals surface area contributed by atoms with Crippen LogP contribution in [0.2, 0.25) is 0 Å². The van der Waals surface area contributed by atoms with Gasteiger partial charge in [-0.3, -0.25) is 9.69 Å². The number of aryl methyl sites for hydroxylation is 2. The standard InChI is InChI=1S/C18H21N3O/c1-20(2)12-18(22)21-16-6-4-3-5-13(16)7-8-14-9-10-15(19)11-17(14)21/h3-6,9-11H,7-8,12,19H2,1-2H3/p+1. The lowest BCUT2D eigenvalue weighted by Gasteiger charge is -2.25. The summed E-state index contributed by atoms with van der Waals surface area (Å²) in [5.74, 6) is 0.0983. The van der Waals surface area contributed by atoms with Crippen LogP contribution >= 0.6 is 0 Å². The van der Waals surface area contributed by atoms with Crippen LogP contribution in [-0.4, -0.2) is 26.5 Å². The Morgan fingerprint density at radius 3 is 2.50 bits per heavy atom. The molecule has 2 aromatic rings. The van der Waals surface area contributed by atoms with Crippen molar-refractivity contribution in [2.75, 3.05) is 31.3 Å². The molecule has 0 bridgehead atoms. The highest BCUT2D eigenvalue weighted by Crippen LogP contribution is 2.36. The van der Waals surface area contributed by atoms with Crippen LogP contribution in [0.4, 0.5) is 17.1 Å². The summed E-state index contributed by atoms with van der Waals surface area (Å²) in [6.45, 7) is 0.447. The Morgan fingerprint density at radius 1 is 1.09 bits per heavy atom. The van der Waals surface area contributed by atoms with E-state index in [2.05, 4.69) is 6.07 Å². The van der Waals surface area contributed by atoms with E-state index in [9.17, 15) is 4.79 Å². The number of hydrogen-bond acceptors (Lipinski definition) is 2. The zero-order chi connectivity index (χ0) is 15.7. The number of fused-ring (bicyclic) bond motifs is 2. The summed E-state index contributed by atoms with van der Waals surface area (Å²) in [7, 11) is 3.98. The van der Waals surface area contributed by atoms with Gasteiger partial charge in [-0.1, -0.05) is 24.3 Å². The number of benzene rings is 2. The maximum absolute atomic E-state index is 12.9. The minimum Gasteiger partial charge on any atom is -0.399 e. The minimum atomic E-state index is 0.0983. The molecule has 4 nitrogen and oxygen atoms in total. The van der Waals surface area contributed by atoms with Gasteiger partial charge in [-0.15, -0.1) is 0 Å². The number of hydrogen-bond donors (Lipinski definition) is 2. The van der Waals surface area contributed by atoms with Gasteiger partial charge < -0.3 is 10.6 Å². The summed E-state index contributed by atoms with van der Waals surface area (Å²) >= 11 is 0. The van der Waals surface area contributed by atoms with E-state index >= 15 is 0 Å². The molecule has 0 atom stereocenters. The van der Waals surface area contributed by atoms with Crippen LogP contribution in [0.25, 0.3) is 0 Å². The van der Waals surface area contributed by atoms with Crippen LogP contribution in [0.15, 0.2) is 42.5 Å². The molecule has 0 aromatic heterocycles. The lowest BCUT2D eigenvalue weighted by molar-refractivity contribution is -0.849. The van der Waals surface area contributed by atoms with Crippen LogP contribution in [0.5, 0.6) is 0 Å². The smallest absolute Gasteiger partial charge is 0.286 e. The van der Waals surface area contributed by atoms with Crippen LogP contribution in [0.3, 0.4) is 0 Å². The normalized spacial score (nSPS) is 13.5. The Hall–Kier alpha value is -2.33. The number of carbonyl (C=O) groups is 1. The van der Waals surface area contributed by atoms with E-state index in [-0.39, 0.29) is 5.91 Å². The Kier molecular flexibility index (Phi) is 3.86. The number of carbonyl (C=O) groups excluding carboxylic acids is 1. The fourth-order valence-electron chi connectivity index (χ4n) is 2.99. The van der Waals surface area contributed by atoms with E-state index in [4.69, 9.17) is 5.73 Å².